The lowest BCUT2D eigenvalue weighted by Crippen LogP contribution is -2.46. The Morgan fingerprint density at radius 1 is 0.667 bits per heavy atom. The first-order valence-electron chi connectivity index (χ1n) is 16.5. The maximum atomic E-state index is 12.4. The second-order valence-corrected chi connectivity index (χ2v) is 12.6. The van der Waals surface area contributed by atoms with Crippen LogP contribution in [0.15, 0.2) is 60.8 Å². The molecule has 0 aliphatic carbocycles. The Balaban J connectivity index is 4.19. The van der Waals surface area contributed by atoms with Crippen molar-refractivity contribution in [1.29, 1.82) is 0 Å². The van der Waals surface area contributed by atoms with Crippen molar-refractivity contribution in [3.8, 4) is 0 Å². The molecule has 0 heterocycles. The van der Waals surface area contributed by atoms with Gasteiger partial charge in [-0.15, -0.1) is 0 Å². The van der Waals surface area contributed by atoms with Crippen LogP contribution in [-0.2, 0) is 14.9 Å². The number of nitrogens with one attached hydrogen (secondary N) is 1. The zero-order chi connectivity index (χ0) is 31.2. The van der Waals surface area contributed by atoms with Crippen molar-refractivity contribution in [2.45, 2.75) is 148 Å². The molecule has 2 atom stereocenters. The fourth-order valence-corrected chi connectivity index (χ4v) is 5.25. The van der Waals surface area contributed by atoms with E-state index in [-0.39, 0.29) is 12.3 Å². The molecule has 6 nitrogen and oxygen atoms in total. The van der Waals surface area contributed by atoms with Crippen LogP contribution in [0.3, 0.4) is 0 Å². The number of rotatable bonds is 28. The van der Waals surface area contributed by atoms with E-state index in [0.717, 1.165) is 44.9 Å². The number of aliphatic hydroxyl groups excluding tert-OH is 1. The maximum Gasteiger partial charge on any atom is 0.267 e. The topological polar surface area (TPSA) is 104 Å². The molecule has 0 bridgehead atoms. The first-order valence-corrected chi connectivity index (χ1v) is 18.1. The average Bonchev–Trinajstić information content (AvgIpc) is 2.94. The van der Waals surface area contributed by atoms with E-state index in [1.54, 1.807) is 0 Å². The van der Waals surface area contributed by atoms with E-state index in [1.165, 1.54) is 70.3 Å². The summed E-state index contributed by atoms with van der Waals surface area (Å²) in [5.74, 6) is -1.09. The van der Waals surface area contributed by atoms with Gasteiger partial charge < -0.3 is 10.4 Å². The molecule has 1 amide bonds. The highest BCUT2D eigenvalue weighted by atomic mass is 32.2. The second-order valence-electron chi connectivity index (χ2n) is 11.1. The van der Waals surface area contributed by atoms with E-state index in [9.17, 15) is 22.9 Å². The van der Waals surface area contributed by atoms with Gasteiger partial charge in [0.2, 0.25) is 5.91 Å². The van der Waals surface area contributed by atoms with E-state index in [0.29, 0.717) is 6.42 Å². The van der Waals surface area contributed by atoms with Gasteiger partial charge in [0.15, 0.2) is 0 Å². The molecular formula is C35H61NO5S. The number of hydrogen-bond donors (Lipinski definition) is 3. The Morgan fingerprint density at radius 2 is 1.14 bits per heavy atom. The lowest BCUT2D eigenvalue weighted by atomic mass is 10.0. The smallest absolute Gasteiger partial charge is 0.267 e. The predicted molar refractivity (Wildman–Crippen MR) is 179 cm³/mol. The van der Waals surface area contributed by atoms with Gasteiger partial charge in [-0.2, -0.15) is 8.42 Å². The third kappa shape index (κ3) is 29.5. The fourth-order valence-electron chi connectivity index (χ4n) is 4.52. The van der Waals surface area contributed by atoms with Crippen LogP contribution in [0.1, 0.15) is 136 Å². The van der Waals surface area contributed by atoms with Crippen LogP contribution in [0.25, 0.3) is 0 Å². The number of carbonyl (C=O) groups is 1. The van der Waals surface area contributed by atoms with E-state index in [2.05, 4.69) is 55.6 Å². The molecule has 0 spiro atoms. The molecular weight excluding hydrogens is 546 g/mol. The summed E-state index contributed by atoms with van der Waals surface area (Å²) >= 11 is 0. The quantitative estimate of drug-likeness (QED) is 0.0468. The summed E-state index contributed by atoms with van der Waals surface area (Å²) in [5.41, 5.74) is 0. The minimum atomic E-state index is -4.36. The molecule has 0 rings (SSSR count). The first-order chi connectivity index (χ1) is 20.3. The summed E-state index contributed by atoms with van der Waals surface area (Å²) < 4.78 is 32.2. The number of amides is 1. The lowest BCUT2D eigenvalue weighted by Gasteiger charge is -2.20. The fraction of sp³-hybridized carbons (Fsp3) is 0.686. The molecule has 7 heteroatoms. The number of hydrogen-bond acceptors (Lipinski definition) is 4. The molecule has 0 fully saturated rings. The van der Waals surface area contributed by atoms with Crippen molar-refractivity contribution in [3.05, 3.63) is 60.8 Å². The summed E-state index contributed by atoms with van der Waals surface area (Å²) in [4.78, 5) is 12.4. The Labute approximate surface area is 258 Å². The zero-order valence-corrected chi connectivity index (χ0v) is 27.4. The van der Waals surface area contributed by atoms with Crippen molar-refractivity contribution in [1.82, 2.24) is 5.32 Å². The molecule has 0 radical (unpaired) electrons. The Bertz CT molecular complexity index is 889. The number of unbranched alkanes of at least 4 members (excludes halogenated alkanes) is 12. The number of carbonyl (C=O) groups excluding carboxylic acids is 1. The summed E-state index contributed by atoms with van der Waals surface area (Å²) in [5, 5.41) is 13.1. The number of aliphatic hydroxyl groups is 1. The van der Waals surface area contributed by atoms with Gasteiger partial charge >= 0.3 is 0 Å². The highest BCUT2D eigenvalue weighted by Crippen LogP contribution is 2.13. The van der Waals surface area contributed by atoms with Crippen molar-refractivity contribution in [2.24, 2.45) is 0 Å². The molecule has 0 saturated heterocycles. The summed E-state index contributed by atoms with van der Waals surface area (Å²) in [6.45, 7) is 4.36. The van der Waals surface area contributed by atoms with Gasteiger partial charge in [-0.25, -0.2) is 0 Å². The Kier molecular flexibility index (Phi) is 27.8. The van der Waals surface area contributed by atoms with Gasteiger partial charge in [0.05, 0.1) is 17.9 Å². The second kappa shape index (κ2) is 29.1. The Morgan fingerprint density at radius 3 is 1.64 bits per heavy atom. The van der Waals surface area contributed by atoms with Gasteiger partial charge in [-0.3, -0.25) is 9.35 Å². The van der Waals surface area contributed by atoms with E-state index in [4.69, 9.17) is 0 Å². The van der Waals surface area contributed by atoms with E-state index >= 15 is 0 Å². The third-order valence-corrected chi connectivity index (χ3v) is 7.74. The summed E-state index contributed by atoms with van der Waals surface area (Å²) in [6, 6.07) is -1.09. The monoisotopic (exact) mass is 607 g/mol. The largest absolute Gasteiger partial charge is 0.387 e. The maximum absolute atomic E-state index is 12.4. The van der Waals surface area contributed by atoms with Crippen molar-refractivity contribution < 1.29 is 22.9 Å². The minimum absolute atomic E-state index is 0.172. The van der Waals surface area contributed by atoms with Gasteiger partial charge in [-0.05, 0) is 44.9 Å². The van der Waals surface area contributed by atoms with Gasteiger partial charge in [0.1, 0.15) is 0 Å². The standard InChI is InChI=1S/C35H61NO5S/c1-3-5-7-9-11-13-15-17-19-20-22-24-26-28-30-34(37)33(32-42(39,40)41)36-35(38)31-29-27-25-23-21-18-16-14-12-10-8-6-4-2/h6,8,12,14,18,21,25,27-28,30,33-34,37H,3-5,7,9-11,13,15-17,19-20,22-24,26,29,31-32H2,1-2H3,(H,36,38)(H,39,40,41)/b8-6-,14-12-,21-18-,27-25-,30-28+. The molecule has 0 aromatic heterocycles. The van der Waals surface area contributed by atoms with Crippen LogP contribution in [0, 0.1) is 0 Å². The molecule has 0 aromatic rings. The van der Waals surface area contributed by atoms with E-state index in [1.807, 2.05) is 18.2 Å². The number of allylic oxidation sites excluding steroid dienone is 9. The highest BCUT2D eigenvalue weighted by Gasteiger charge is 2.24. The average molecular weight is 608 g/mol. The van der Waals surface area contributed by atoms with E-state index < -0.39 is 28.0 Å². The highest BCUT2D eigenvalue weighted by molar-refractivity contribution is 7.85. The lowest BCUT2D eigenvalue weighted by molar-refractivity contribution is -0.122. The predicted octanol–water partition coefficient (Wildman–Crippen LogP) is 8.95. The molecule has 0 saturated carbocycles. The molecule has 42 heavy (non-hydrogen) atoms. The van der Waals surface area contributed by atoms with Crippen LogP contribution in [0.4, 0.5) is 0 Å². The summed E-state index contributed by atoms with van der Waals surface area (Å²) in [7, 11) is -4.36. The van der Waals surface area contributed by atoms with Crippen molar-refractivity contribution >= 4 is 16.0 Å². The molecule has 0 aliphatic heterocycles. The third-order valence-electron chi connectivity index (χ3n) is 6.96. The molecule has 242 valence electrons. The Hall–Kier alpha value is -1.96. The van der Waals surface area contributed by atoms with Gasteiger partial charge in [-0.1, -0.05) is 145 Å². The van der Waals surface area contributed by atoms with Gasteiger partial charge in [0, 0.05) is 6.42 Å². The molecule has 0 aliphatic rings. The molecule has 2 unspecified atom stereocenters. The van der Waals surface area contributed by atoms with Gasteiger partial charge in [0.25, 0.3) is 10.1 Å². The van der Waals surface area contributed by atoms with Crippen molar-refractivity contribution in [3.63, 3.8) is 0 Å². The first kappa shape index (κ1) is 40.0. The minimum Gasteiger partial charge on any atom is -0.387 e. The summed E-state index contributed by atoms with van der Waals surface area (Å²) in [6.07, 6.45) is 39.3. The van der Waals surface area contributed by atoms with Crippen LogP contribution in [0.5, 0.6) is 0 Å². The van der Waals surface area contributed by atoms with Crippen LogP contribution in [-0.4, -0.2) is 41.9 Å². The van der Waals surface area contributed by atoms with Crippen molar-refractivity contribution in [2.75, 3.05) is 5.75 Å². The SMILES string of the molecule is CC/C=C\C/C=C\C/C=C\C/C=C\CCC(=O)NC(CS(=O)(=O)O)C(O)/C=C/CCCCCCCCCCCCCC. The van der Waals surface area contributed by atoms with Crippen LogP contribution in [0.2, 0.25) is 0 Å². The normalized spacial score (nSPS) is 14.3. The van der Waals surface area contributed by atoms with Crippen LogP contribution >= 0.6 is 0 Å². The molecule has 3 N–H and O–H groups in total. The zero-order valence-electron chi connectivity index (χ0n) is 26.6. The van der Waals surface area contributed by atoms with Crippen LogP contribution < -0.4 is 5.32 Å². The molecule has 0 aromatic carbocycles.